The molecule has 0 bridgehead atoms. The molecule has 0 fully saturated rings. The Morgan fingerprint density at radius 2 is 2.29 bits per heavy atom. The second kappa shape index (κ2) is 5.32. The third-order valence-electron chi connectivity index (χ3n) is 3.54. The SMILES string of the molecule is COC(=O)[C@H](N)C[C@H]1CCCc2ccccc21. The number of methoxy groups -OCH3 is 1. The molecule has 0 unspecified atom stereocenters. The highest BCUT2D eigenvalue weighted by Crippen LogP contribution is 2.34. The van der Waals surface area contributed by atoms with Crippen molar-refractivity contribution in [2.45, 2.75) is 37.6 Å². The predicted octanol–water partition coefficient (Wildman–Crippen LogP) is 2.00. The van der Waals surface area contributed by atoms with Crippen molar-refractivity contribution in [1.29, 1.82) is 0 Å². The maximum absolute atomic E-state index is 11.4. The van der Waals surface area contributed by atoms with Crippen molar-refractivity contribution in [2.75, 3.05) is 7.11 Å². The summed E-state index contributed by atoms with van der Waals surface area (Å²) in [5, 5.41) is 0. The summed E-state index contributed by atoms with van der Waals surface area (Å²) in [4.78, 5) is 11.4. The van der Waals surface area contributed by atoms with Gasteiger partial charge in [0, 0.05) is 0 Å². The van der Waals surface area contributed by atoms with Crippen LogP contribution in [-0.2, 0) is 16.0 Å². The fourth-order valence-corrected chi connectivity index (χ4v) is 2.65. The molecule has 1 aromatic carbocycles. The lowest BCUT2D eigenvalue weighted by molar-refractivity contribution is -0.142. The molecule has 2 atom stereocenters. The molecule has 0 aliphatic heterocycles. The molecule has 3 heteroatoms. The summed E-state index contributed by atoms with van der Waals surface area (Å²) in [5.74, 6) is 0.0853. The smallest absolute Gasteiger partial charge is 0.322 e. The largest absolute Gasteiger partial charge is 0.468 e. The lowest BCUT2D eigenvalue weighted by Gasteiger charge is -2.26. The minimum atomic E-state index is -0.504. The molecule has 0 radical (unpaired) electrons. The third kappa shape index (κ3) is 2.67. The van der Waals surface area contributed by atoms with Crippen LogP contribution in [0.1, 0.15) is 36.3 Å². The van der Waals surface area contributed by atoms with E-state index in [9.17, 15) is 4.79 Å². The van der Waals surface area contributed by atoms with E-state index in [0.717, 1.165) is 12.8 Å². The standard InChI is InChI=1S/C14H19NO2/c1-17-14(16)13(15)9-11-7-4-6-10-5-2-3-8-12(10)11/h2-3,5,8,11,13H,4,6-7,9,15H2,1H3/t11-,13-/m1/s1. The molecule has 1 aromatic rings. The normalized spacial score (nSPS) is 20.5. The van der Waals surface area contributed by atoms with Gasteiger partial charge in [-0.25, -0.2) is 0 Å². The second-order valence-electron chi connectivity index (χ2n) is 4.65. The Kier molecular flexibility index (Phi) is 3.79. The van der Waals surface area contributed by atoms with Crippen LogP contribution in [-0.4, -0.2) is 19.1 Å². The van der Waals surface area contributed by atoms with Crippen molar-refractivity contribution >= 4 is 5.97 Å². The molecule has 0 amide bonds. The zero-order chi connectivity index (χ0) is 12.3. The fraction of sp³-hybridized carbons (Fsp3) is 0.500. The van der Waals surface area contributed by atoms with E-state index >= 15 is 0 Å². The van der Waals surface area contributed by atoms with E-state index in [4.69, 9.17) is 5.73 Å². The number of esters is 1. The zero-order valence-corrected chi connectivity index (χ0v) is 10.2. The fourth-order valence-electron chi connectivity index (χ4n) is 2.65. The number of nitrogens with two attached hydrogens (primary N) is 1. The van der Waals surface area contributed by atoms with Gasteiger partial charge >= 0.3 is 5.97 Å². The monoisotopic (exact) mass is 233 g/mol. The maximum Gasteiger partial charge on any atom is 0.322 e. The minimum absolute atomic E-state index is 0.312. The van der Waals surface area contributed by atoms with Crippen molar-refractivity contribution < 1.29 is 9.53 Å². The van der Waals surface area contributed by atoms with Gasteiger partial charge < -0.3 is 10.5 Å². The Hall–Kier alpha value is -1.35. The number of carbonyl (C=O) groups is 1. The van der Waals surface area contributed by atoms with Crippen LogP contribution in [0.25, 0.3) is 0 Å². The van der Waals surface area contributed by atoms with Crippen LogP contribution >= 0.6 is 0 Å². The number of rotatable bonds is 3. The van der Waals surface area contributed by atoms with Crippen molar-refractivity contribution in [3.63, 3.8) is 0 Å². The van der Waals surface area contributed by atoms with Crippen molar-refractivity contribution in [3.8, 4) is 0 Å². The molecule has 0 heterocycles. The van der Waals surface area contributed by atoms with E-state index in [-0.39, 0.29) is 5.97 Å². The molecule has 92 valence electrons. The number of hydrogen-bond acceptors (Lipinski definition) is 3. The highest BCUT2D eigenvalue weighted by molar-refractivity contribution is 5.75. The Balaban J connectivity index is 2.11. The molecule has 0 saturated carbocycles. The third-order valence-corrected chi connectivity index (χ3v) is 3.54. The summed E-state index contributed by atoms with van der Waals surface area (Å²) in [6, 6.07) is 7.95. The van der Waals surface area contributed by atoms with Gasteiger partial charge in [-0.2, -0.15) is 0 Å². The summed E-state index contributed by atoms with van der Waals surface area (Å²) < 4.78 is 4.68. The molecule has 3 nitrogen and oxygen atoms in total. The van der Waals surface area contributed by atoms with Crippen LogP contribution in [0.15, 0.2) is 24.3 Å². The highest BCUT2D eigenvalue weighted by atomic mass is 16.5. The van der Waals surface area contributed by atoms with Gasteiger partial charge in [-0.05, 0) is 42.7 Å². The number of hydrogen-bond donors (Lipinski definition) is 1. The molecule has 1 aliphatic carbocycles. The van der Waals surface area contributed by atoms with Crippen molar-refractivity contribution in [2.24, 2.45) is 5.73 Å². The van der Waals surface area contributed by atoms with Crippen LogP contribution in [0.2, 0.25) is 0 Å². The van der Waals surface area contributed by atoms with E-state index in [1.165, 1.54) is 24.7 Å². The summed E-state index contributed by atoms with van der Waals surface area (Å²) in [7, 11) is 1.39. The van der Waals surface area contributed by atoms with Crippen LogP contribution in [0.3, 0.4) is 0 Å². The van der Waals surface area contributed by atoms with Gasteiger partial charge in [-0.1, -0.05) is 24.3 Å². The van der Waals surface area contributed by atoms with Crippen LogP contribution in [0, 0.1) is 0 Å². The molecule has 2 rings (SSSR count). The Bertz CT molecular complexity index is 403. The van der Waals surface area contributed by atoms with Gasteiger partial charge in [-0.15, -0.1) is 0 Å². The van der Waals surface area contributed by atoms with Gasteiger partial charge in [0.15, 0.2) is 0 Å². The summed E-state index contributed by atoms with van der Waals surface area (Å²) in [5.41, 5.74) is 8.60. The van der Waals surface area contributed by atoms with Gasteiger partial charge in [0.05, 0.1) is 7.11 Å². The van der Waals surface area contributed by atoms with Crippen molar-refractivity contribution in [1.82, 2.24) is 0 Å². The first kappa shape index (κ1) is 12.1. The molecule has 17 heavy (non-hydrogen) atoms. The first-order valence-electron chi connectivity index (χ1n) is 6.13. The average molecular weight is 233 g/mol. The topological polar surface area (TPSA) is 52.3 Å². The molecule has 0 aromatic heterocycles. The van der Waals surface area contributed by atoms with E-state index in [1.807, 2.05) is 0 Å². The lowest BCUT2D eigenvalue weighted by atomic mass is 9.80. The zero-order valence-electron chi connectivity index (χ0n) is 10.2. The van der Waals surface area contributed by atoms with Gasteiger partial charge in [0.25, 0.3) is 0 Å². The van der Waals surface area contributed by atoms with Crippen LogP contribution < -0.4 is 5.73 Å². The molecular formula is C14H19NO2. The van der Waals surface area contributed by atoms with Gasteiger partial charge in [0.2, 0.25) is 0 Å². The number of ether oxygens (including phenoxy) is 1. The Morgan fingerprint density at radius 1 is 1.53 bits per heavy atom. The van der Waals surface area contributed by atoms with E-state index < -0.39 is 6.04 Å². The van der Waals surface area contributed by atoms with Gasteiger partial charge in [-0.3, -0.25) is 4.79 Å². The first-order chi connectivity index (χ1) is 8.22. The van der Waals surface area contributed by atoms with E-state index in [1.54, 1.807) is 0 Å². The summed E-state index contributed by atoms with van der Waals surface area (Å²) in [6.07, 6.45) is 4.11. The number of fused-ring (bicyclic) bond motifs is 1. The van der Waals surface area contributed by atoms with Gasteiger partial charge in [0.1, 0.15) is 6.04 Å². The quantitative estimate of drug-likeness (QED) is 0.812. The highest BCUT2D eigenvalue weighted by Gasteiger charge is 2.25. The Labute approximate surface area is 102 Å². The first-order valence-corrected chi connectivity index (χ1v) is 6.13. The number of benzene rings is 1. The van der Waals surface area contributed by atoms with E-state index in [0.29, 0.717) is 12.3 Å². The summed E-state index contributed by atoms with van der Waals surface area (Å²) >= 11 is 0. The van der Waals surface area contributed by atoms with Crippen LogP contribution in [0.5, 0.6) is 0 Å². The molecule has 0 saturated heterocycles. The predicted molar refractivity (Wildman–Crippen MR) is 66.7 cm³/mol. The van der Waals surface area contributed by atoms with E-state index in [2.05, 4.69) is 29.0 Å². The number of aryl methyl sites for hydroxylation is 1. The molecular weight excluding hydrogens is 214 g/mol. The molecule has 1 aliphatic rings. The lowest BCUT2D eigenvalue weighted by Crippen LogP contribution is -2.33. The molecule has 2 N–H and O–H groups in total. The molecule has 0 spiro atoms. The Morgan fingerprint density at radius 3 is 3.06 bits per heavy atom. The second-order valence-corrected chi connectivity index (χ2v) is 4.65. The van der Waals surface area contributed by atoms with Crippen molar-refractivity contribution in [3.05, 3.63) is 35.4 Å². The number of carbonyl (C=O) groups excluding carboxylic acids is 1. The van der Waals surface area contributed by atoms with Crippen LogP contribution in [0.4, 0.5) is 0 Å². The minimum Gasteiger partial charge on any atom is -0.468 e. The summed E-state index contributed by atoms with van der Waals surface area (Å²) in [6.45, 7) is 0. The average Bonchev–Trinajstić information content (AvgIpc) is 2.38. The maximum atomic E-state index is 11.4.